The highest BCUT2D eigenvalue weighted by Gasteiger charge is 2.16. The van der Waals surface area contributed by atoms with Crippen LogP contribution in [0, 0.1) is 0 Å². The van der Waals surface area contributed by atoms with Crippen LogP contribution in [0.25, 0.3) is 131 Å². The van der Waals surface area contributed by atoms with Crippen LogP contribution >= 0.6 is 0 Å². The fraction of sp³-hybridized carbons (Fsp3) is 0. The molecule has 0 bridgehead atoms. The number of rotatable bonds is 4. The molecule has 0 aliphatic carbocycles. The number of hydrogen-bond donors (Lipinski definition) is 0. The van der Waals surface area contributed by atoms with E-state index in [1.165, 1.54) is 76.5 Å². The van der Waals surface area contributed by atoms with Crippen molar-refractivity contribution in [3.05, 3.63) is 206 Å². The predicted molar refractivity (Wildman–Crippen MR) is 253 cm³/mol. The first-order valence-corrected chi connectivity index (χ1v) is 20.5. The van der Waals surface area contributed by atoms with Crippen molar-refractivity contribution in [2.75, 3.05) is 0 Å². The smallest absolute Gasteiger partial charge is 0.139 e. The minimum atomic E-state index is 0.823. The Morgan fingerprint density at radius 2 is 0.467 bits per heavy atom. The van der Waals surface area contributed by atoms with Crippen LogP contribution in [0.3, 0.4) is 0 Å². The van der Waals surface area contributed by atoms with Gasteiger partial charge in [0.1, 0.15) is 22.3 Å². The molecule has 2 aromatic heterocycles. The van der Waals surface area contributed by atoms with E-state index >= 15 is 0 Å². The highest BCUT2D eigenvalue weighted by Crippen LogP contribution is 2.40. The Kier molecular flexibility index (Phi) is 7.05. The highest BCUT2D eigenvalue weighted by molar-refractivity contribution is 6.16. The summed E-state index contributed by atoms with van der Waals surface area (Å²) in [7, 11) is 0. The number of benzene rings is 11. The van der Waals surface area contributed by atoms with E-state index < -0.39 is 0 Å². The molecule has 0 amide bonds. The van der Waals surface area contributed by atoms with Crippen LogP contribution in [0.4, 0.5) is 0 Å². The van der Waals surface area contributed by atoms with Crippen LogP contribution in [-0.2, 0) is 0 Å². The average Bonchev–Trinajstić information content (AvgIpc) is 3.85. The Morgan fingerprint density at radius 3 is 0.850 bits per heavy atom. The molecule has 0 aliphatic rings. The van der Waals surface area contributed by atoms with Gasteiger partial charge in [-0.2, -0.15) is 0 Å². The van der Waals surface area contributed by atoms with Gasteiger partial charge in [-0.1, -0.05) is 133 Å². The first kappa shape index (κ1) is 33.1. The summed E-state index contributed by atoms with van der Waals surface area (Å²) in [6.07, 6.45) is 0. The second-order valence-electron chi connectivity index (χ2n) is 16.1. The standard InChI is InChI=1S/C58H34O2/c1-3-7-39-25-41(15-9-35(39)5-1)43-17-11-37-13-19-45(29-49(37)27-43)47-21-23-55-51(31-47)53-33-54-52-32-48(22-24-56(52)60-58(54)34-57(53)59-55)46-20-14-38-12-18-44(28-50(38)30-46)42-16-10-36-6-2-4-8-40(36)26-42/h1-34H. The van der Waals surface area contributed by atoms with E-state index in [1.807, 2.05) is 0 Å². The van der Waals surface area contributed by atoms with E-state index in [9.17, 15) is 0 Å². The van der Waals surface area contributed by atoms with Crippen molar-refractivity contribution in [2.24, 2.45) is 0 Å². The zero-order valence-electron chi connectivity index (χ0n) is 32.4. The van der Waals surface area contributed by atoms with Crippen LogP contribution in [0.15, 0.2) is 215 Å². The fourth-order valence-electron chi connectivity index (χ4n) is 9.36. The summed E-state index contributed by atoms with van der Waals surface area (Å²) < 4.78 is 12.9. The van der Waals surface area contributed by atoms with Crippen molar-refractivity contribution >= 4 is 87.0 Å². The molecule has 0 saturated carbocycles. The normalized spacial score (nSPS) is 12.0. The van der Waals surface area contributed by atoms with Crippen LogP contribution in [0.5, 0.6) is 0 Å². The van der Waals surface area contributed by atoms with Crippen molar-refractivity contribution in [1.82, 2.24) is 0 Å². The molecule has 0 N–H and O–H groups in total. The van der Waals surface area contributed by atoms with Gasteiger partial charge < -0.3 is 8.83 Å². The highest BCUT2D eigenvalue weighted by atomic mass is 16.3. The first-order chi connectivity index (χ1) is 29.6. The average molecular weight is 763 g/mol. The molecule has 0 saturated heterocycles. The van der Waals surface area contributed by atoms with E-state index in [2.05, 4.69) is 206 Å². The molecule has 2 heterocycles. The maximum Gasteiger partial charge on any atom is 0.139 e. The van der Waals surface area contributed by atoms with E-state index in [-0.39, 0.29) is 0 Å². The Labute approximate surface area is 345 Å². The molecule has 0 fully saturated rings. The third kappa shape index (κ3) is 5.35. The number of fused-ring (bicyclic) bond motifs is 10. The molecule has 0 spiro atoms. The number of hydrogen-bond acceptors (Lipinski definition) is 2. The molecule has 60 heavy (non-hydrogen) atoms. The van der Waals surface area contributed by atoms with Crippen molar-refractivity contribution in [2.45, 2.75) is 0 Å². The molecule has 0 radical (unpaired) electrons. The third-order valence-electron chi connectivity index (χ3n) is 12.6. The quantitative estimate of drug-likeness (QED) is 0.178. The third-order valence-corrected chi connectivity index (χ3v) is 12.6. The summed E-state index contributed by atoms with van der Waals surface area (Å²) in [5.74, 6) is 0. The molecular weight excluding hydrogens is 729 g/mol. The monoisotopic (exact) mass is 762 g/mol. The Bertz CT molecular complexity index is 3650. The van der Waals surface area contributed by atoms with Crippen molar-refractivity contribution in [3.63, 3.8) is 0 Å². The zero-order chi connectivity index (χ0) is 39.3. The zero-order valence-corrected chi connectivity index (χ0v) is 32.4. The Hall–Kier alpha value is -7.94. The molecule has 11 aromatic carbocycles. The Morgan fingerprint density at radius 1 is 0.183 bits per heavy atom. The molecule has 0 unspecified atom stereocenters. The second kappa shape index (κ2) is 12.8. The van der Waals surface area contributed by atoms with Crippen LogP contribution in [-0.4, -0.2) is 0 Å². The summed E-state index contributed by atoms with van der Waals surface area (Å²) in [6, 6.07) is 74.9. The van der Waals surface area contributed by atoms with Crippen molar-refractivity contribution < 1.29 is 8.83 Å². The van der Waals surface area contributed by atoms with Gasteiger partial charge in [0.2, 0.25) is 0 Å². The molecule has 0 atom stereocenters. The maximum atomic E-state index is 6.45. The van der Waals surface area contributed by atoms with Gasteiger partial charge in [-0.15, -0.1) is 0 Å². The fourth-order valence-corrected chi connectivity index (χ4v) is 9.36. The lowest BCUT2D eigenvalue weighted by Gasteiger charge is -2.08. The van der Waals surface area contributed by atoms with Gasteiger partial charge >= 0.3 is 0 Å². The minimum Gasteiger partial charge on any atom is -0.456 e. The molecule has 2 heteroatoms. The Balaban J connectivity index is 0.874. The van der Waals surface area contributed by atoms with Gasteiger partial charge in [-0.05, 0) is 154 Å². The van der Waals surface area contributed by atoms with Gasteiger partial charge in [-0.3, -0.25) is 0 Å². The van der Waals surface area contributed by atoms with E-state index in [0.717, 1.165) is 55.0 Å². The summed E-state index contributed by atoms with van der Waals surface area (Å²) in [5.41, 5.74) is 12.9. The van der Waals surface area contributed by atoms with Gasteiger partial charge in [0.15, 0.2) is 0 Å². The summed E-state index contributed by atoms with van der Waals surface area (Å²) >= 11 is 0. The minimum absolute atomic E-state index is 0.823. The van der Waals surface area contributed by atoms with E-state index in [0.29, 0.717) is 0 Å². The van der Waals surface area contributed by atoms with Crippen LogP contribution < -0.4 is 0 Å². The summed E-state index contributed by atoms with van der Waals surface area (Å²) in [6.45, 7) is 0. The predicted octanol–water partition coefficient (Wildman–Crippen LogP) is 16.8. The van der Waals surface area contributed by atoms with Gasteiger partial charge in [-0.25, -0.2) is 0 Å². The first-order valence-electron chi connectivity index (χ1n) is 20.5. The lowest BCUT2D eigenvalue weighted by molar-refractivity contribution is 0.656. The molecule has 2 nitrogen and oxygen atoms in total. The summed E-state index contributed by atoms with van der Waals surface area (Å²) in [4.78, 5) is 0. The van der Waals surface area contributed by atoms with Crippen LogP contribution in [0.2, 0.25) is 0 Å². The molecular formula is C58H34O2. The largest absolute Gasteiger partial charge is 0.456 e. The summed E-state index contributed by atoms with van der Waals surface area (Å²) in [5, 5.41) is 14.2. The SMILES string of the molecule is c1ccc2cc(-c3ccc4ccc(-c5ccc6oc7cc8oc9ccc(-c%10ccc%11ccc(-c%12ccc%13ccccc%13c%12)cc%11c%10)cc9c8cc7c6c5)cc4c3)ccc2c1. The van der Waals surface area contributed by atoms with Gasteiger partial charge in [0.25, 0.3) is 0 Å². The lowest BCUT2D eigenvalue weighted by Crippen LogP contribution is -1.83. The molecule has 0 aliphatic heterocycles. The van der Waals surface area contributed by atoms with Crippen molar-refractivity contribution in [1.29, 1.82) is 0 Å². The molecule has 278 valence electrons. The molecule has 13 aromatic rings. The lowest BCUT2D eigenvalue weighted by atomic mass is 9.95. The van der Waals surface area contributed by atoms with Crippen LogP contribution in [0.1, 0.15) is 0 Å². The van der Waals surface area contributed by atoms with Crippen molar-refractivity contribution in [3.8, 4) is 44.5 Å². The topological polar surface area (TPSA) is 26.3 Å². The van der Waals surface area contributed by atoms with E-state index in [1.54, 1.807) is 0 Å². The molecule has 13 rings (SSSR count). The van der Waals surface area contributed by atoms with Gasteiger partial charge in [0, 0.05) is 27.6 Å². The van der Waals surface area contributed by atoms with E-state index in [4.69, 9.17) is 8.83 Å². The second-order valence-corrected chi connectivity index (χ2v) is 16.1. The maximum absolute atomic E-state index is 6.45. The van der Waals surface area contributed by atoms with Gasteiger partial charge in [0.05, 0.1) is 0 Å². The number of furan rings is 2.